The molecule has 0 heterocycles. The van der Waals surface area contributed by atoms with E-state index >= 15 is 0 Å². The van der Waals surface area contributed by atoms with Gasteiger partial charge in [-0.05, 0) is 43.9 Å². The van der Waals surface area contributed by atoms with Crippen molar-refractivity contribution in [3.05, 3.63) is 23.8 Å². The highest BCUT2D eigenvalue weighted by atomic mass is 19.4. The first-order valence-corrected chi connectivity index (χ1v) is 6.65. The first-order valence-electron chi connectivity index (χ1n) is 6.65. The zero-order valence-electron chi connectivity index (χ0n) is 11.5. The molecular weight excluding hydrogens is 285 g/mol. The van der Waals surface area contributed by atoms with Crippen LogP contribution in [-0.4, -0.2) is 34.7 Å². The number of phenolic OH excluding ortho intramolecular Hbond substituents is 1. The molecule has 7 heteroatoms. The third-order valence-corrected chi connectivity index (χ3v) is 3.67. The van der Waals surface area contributed by atoms with Gasteiger partial charge in [-0.3, -0.25) is 4.79 Å². The highest BCUT2D eigenvalue weighted by Gasteiger charge is 2.41. The molecule has 0 aromatic heterocycles. The number of nitrogens with two attached hydrogens (primary N) is 1. The lowest BCUT2D eigenvalue weighted by atomic mass is 10.1. The second-order valence-corrected chi connectivity index (χ2v) is 5.40. The van der Waals surface area contributed by atoms with Crippen LogP contribution in [0.25, 0.3) is 0 Å². The van der Waals surface area contributed by atoms with Gasteiger partial charge in [-0.25, -0.2) is 0 Å². The van der Waals surface area contributed by atoms with Gasteiger partial charge in [-0.1, -0.05) is 0 Å². The molecule has 0 saturated heterocycles. The number of nitrogens with zero attached hydrogens (tertiary/aromatic N) is 1. The van der Waals surface area contributed by atoms with Gasteiger partial charge >= 0.3 is 6.18 Å². The van der Waals surface area contributed by atoms with Crippen LogP contribution in [0, 0.1) is 5.92 Å². The monoisotopic (exact) mass is 302 g/mol. The molecular formula is C14H17F3N2O2. The van der Waals surface area contributed by atoms with E-state index in [0.717, 1.165) is 23.8 Å². The minimum absolute atomic E-state index is 0.0490. The van der Waals surface area contributed by atoms with Crippen molar-refractivity contribution in [1.29, 1.82) is 0 Å². The first kappa shape index (κ1) is 15.5. The van der Waals surface area contributed by atoms with Gasteiger partial charge in [-0.2, -0.15) is 13.2 Å². The molecule has 0 aliphatic heterocycles. The van der Waals surface area contributed by atoms with Crippen LogP contribution in [0.5, 0.6) is 5.75 Å². The van der Waals surface area contributed by atoms with Crippen molar-refractivity contribution in [3.63, 3.8) is 0 Å². The molecule has 2 rings (SSSR count). The van der Waals surface area contributed by atoms with Crippen molar-refractivity contribution >= 4 is 11.6 Å². The number of aromatic hydroxyl groups is 1. The average molecular weight is 302 g/mol. The Morgan fingerprint density at radius 1 is 1.48 bits per heavy atom. The molecule has 0 radical (unpaired) electrons. The molecule has 1 amide bonds. The fourth-order valence-corrected chi connectivity index (χ4v) is 2.31. The maximum Gasteiger partial charge on any atom is 0.406 e. The summed E-state index contributed by atoms with van der Waals surface area (Å²) in [6.45, 7) is 0.291. The number of phenols is 1. The number of carbonyl (C=O) groups is 1. The van der Waals surface area contributed by atoms with E-state index in [0.29, 0.717) is 0 Å². The predicted molar refractivity (Wildman–Crippen MR) is 71.8 cm³/mol. The van der Waals surface area contributed by atoms with E-state index in [1.807, 2.05) is 0 Å². The number of rotatable bonds is 4. The standard InChI is InChI=1S/C14H17F3N2O2/c1-8(9-2-3-9)19(7-14(15,16)17)13(21)11-6-10(20)4-5-12(11)18/h4-6,8-9,20H,2-3,7,18H2,1H3. The van der Waals surface area contributed by atoms with Crippen LogP contribution >= 0.6 is 0 Å². The minimum atomic E-state index is -4.48. The first-order chi connectivity index (χ1) is 9.69. The van der Waals surface area contributed by atoms with Crippen LogP contribution in [-0.2, 0) is 0 Å². The largest absolute Gasteiger partial charge is 0.508 e. The lowest BCUT2D eigenvalue weighted by molar-refractivity contribution is -0.144. The SMILES string of the molecule is CC(C1CC1)N(CC(F)(F)F)C(=O)c1cc(O)ccc1N. The summed E-state index contributed by atoms with van der Waals surface area (Å²) in [5, 5.41) is 9.41. The molecule has 21 heavy (non-hydrogen) atoms. The highest BCUT2D eigenvalue weighted by molar-refractivity contribution is 5.99. The summed E-state index contributed by atoms with van der Waals surface area (Å²) in [6, 6.07) is 3.17. The van der Waals surface area contributed by atoms with Gasteiger partial charge in [0.15, 0.2) is 0 Å². The number of amides is 1. The van der Waals surface area contributed by atoms with Crippen LogP contribution < -0.4 is 5.73 Å². The van der Waals surface area contributed by atoms with Crippen molar-refractivity contribution < 1.29 is 23.1 Å². The van der Waals surface area contributed by atoms with Crippen LogP contribution in [0.1, 0.15) is 30.1 Å². The van der Waals surface area contributed by atoms with Crippen LogP contribution in [0.3, 0.4) is 0 Å². The molecule has 1 atom stereocenters. The van der Waals surface area contributed by atoms with Gasteiger partial charge < -0.3 is 15.7 Å². The third kappa shape index (κ3) is 3.80. The lowest BCUT2D eigenvalue weighted by Gasteiger charge is -2.30. The number of benzene rings is 1. The topological polar surface area (TPSA) is 66.6 Å². The average Bonchev–Trinajstić information content (AvgIpc) is 3.20. The van der Waals surface area contributed by atoms with Crippen molar-refractivity contribution in [2.45, 2.75) is 32.0 Å². The van der Waals surface area contributed by atoms with Crippen LogP contribution in [0.4, 0.5) is 18.9 Å². The lowest BCUT2D eigenvalue weighted by Crippen LogP contribution is -2.45. The van der Waals surface area contributed by atoms with E-state index in [9.17, 15) is 23.1 Å². The number of anilines is 1. The Hall–Kier alpha value is -1.92. The van der Waals surface area contributed by atoms with E-state index in [4.69, 9.17) is 5.73 Å². The second-order valence-electron chi connectivity index (χ2n) is 5.40. The van der Waals surface area contributed by atoms with Gasteiger partial charge in [0, 0.05) is 11.7 Å². The maximum atomic E-state index is 12.7. The number of hydrogen-bond donors (Lipinski definition) is 2. The number of alkyl halides is 3. The predicted octanol–water partition coefficient (Wildman–Crippen LogP) is 2.78. The van der Waals surface area contributed by atoms with Gasteiger partial charge in [0.25, 0.3) is 5.91 Å². The highest BCUT2D eigenvalue weighted by Crippen LogP contribution is 2.37. The Kier molecular flexibility index (Phi) is 4.02. The second kappa shape index (κ2) is 5.46. The Morgan fingerprint density at radius 3 is 2.62 bits per heavy atom. The summed E-state index contributed by atoms with van der Waals surface area (Å²) in [5.74, 6) is -0.923. The summed E-state index contributed by atoms with van der Waals surface area (Å²) in [7, 11) is 0. The van der Waals surface area contributed by atoms with E-state index in [2.05, 4.69) is 0 Å². The maximum absolute atomic E-state index is 12.7. The number of nitrogen functional groups attached to an aromatic ring is 1. The van der Waals surface area contributed by atoms with Gasteiger partial charge in [0.05, 0.1) is 5.56 Å². The fraction of sp³-hybridized carbons (Fsp3) is 0.500. The molecule has 1 saturated carbocycles. The van der Waals surface area contributed by atoms with Crippen molar-refractivity contribution in [2.24, 2.45) is 5.92 Å². The van der Waals surface area contributed by atoms with Crippen molar-refractivity contribution in [1.82, 2.24) is 4.90 Å². The van der Waals surface area contributed by atoms with Crippen LogP contribution in [0.15, 0.2) is 18.2 Å². The van der Waals surface area contributed by atoms with Gasteiger partial charge in [0.2, 0.25) is 0 Å². The van der Waals surface area contributed by atoms with Gasteiger partial charge in [-0.15, -0.1) is 0 Å². The summed E-state index contributed by atoms with van der Waals surface area (Å²) < 4.78 is 38.2. The summed E-state index contributed by atoms with van der Waals surface area (Å²) in [5.41, 5.74) is 5.59. The summed E-state index contributed by atoms with van der Waals surface area (Å²) in [6.07, 6.45) is -2.85. The van der Waals surface area contributed by atoms with E-state index in [1.54, 1.807) is 6.92 Å². The number of halogens is 3. The number of hydrogen-bond acceptors (Lipinski definition) is 3. The molecule has 1 aromatic rings. The quantitative estimate of drug-likeness (QED) is 0.664. The molecule has 4 nitrogen and oxygen atoms in total. The van der Waals surface area contributed by atoms with E-state index < -0.39 is 24.7 Å². The molecule has 1 unspecified atom stereocenters. The summed E-state index contributed by atoms with van der Waals surface area (Å²) in [4.78, 5) is 13.2. The zero-order valence-corrected chi connectivity index (χ0v) is 11.5. The molecule has 0 bridgehead atoms. The third-order valence-electron chi connectivity index (χ3n) is 3.67. The Morgan fingerprint density at radius 2 is 2.10 bits per heavy atom. The smallest absolute Gasteiger partial charge is 0.406 e. The molecule has 116 valence electrons. The Bertz CT molecular complexity index is 542. The fourth-order valence-electron chi connectivity index (χ4n) is 2.31. The van der Waals surface area contributed by atoms with Crippen LogP contribution in [0.2, 0.25) is 0 Å². The van der Waals surface area contributed by atoms with E-state index in [-0.39, 0.29) is 22.9 Å². The normalized spacial score (nSPS) is 16.6. The summed E-state index contributed by atoms with van der Waals surface area (Å²) >= 11 is 0. The van der Waals surface area contributed by atoms with E-state index in [1.165, 1.54) is 12.1 Å². The molecule has 1 aromatic carbocycles. The Labute approximate surface area is 120 Å². The van der Waals surface area contributed by atoms with Gasteiger partial charge in [0.1, 0.15) is 12.3 Å². The zero-order chi connectivity index (χ0) is 15.8. The molecule has 1 aliphatic carbocycles. The van der Waals surface area contributed by atoms with Crippen molar-refractivity contribution in [3.8, 4) is 5.75 Å². The number of carbonyl (C=O) groups excluding carboxylic acids is 1. The molecule has 3 N–H and O–H groups in total. The van der Waals surface area contributed by atoms with Crippen molar-refractivity contribution in [2.75, 3.05) is 12.3 Å². The molecule has 1 aliphatic rings. The Balaban J connectivity index is 2.30. The minimum Gasteiger partial charge on any atom is -0.508 e. The molecule has 1 fully saturated rings. The molecule has 0 spiro atoms.